The summed E-state index contributed by atoms with van der Waals surface area (Å²) < 4.78 is 9.78. The fourth-order valence-electron chi connectivity index (χ4n) is 1.35. The van der Waals surface area contributed by atoms with Crippen molar-refractivity contribution >= 4 is 0 Å². The Morgan fingerprint density at radius 3 is 2.25 bits per heavy atom. The quantitative estimate of drug-likeness (QED) is 0.453. The van der Waals surface area contributed by atoms with Crippen molar-refractivity contribution in [2.45, 2.75) is 37.6 Å². The molecule has 1 heterocycles. The van der Waals surface area contributed by atoms with E-state index in [-0.39, 0.29) is 0 Å². The van der Waals surface area contributed by atoms with Crippen molar-refractivity contribution in [2.75, 3.05) is 7.11 Å². The van der Waals surface area contributed by atoms with Gasteiger partial charge in [-0.25, -0.2) is 0 Å². The Bertz CT molecular complexity index is 151. The van der Waals surface area contributed by atoms with Crippen LogP contribution in [0.1, 0.15) is 6.92 Å². The lowest BCUT2D eigenvalue weighted by molar-refractivity contribution is -0.281. The van der Waals surface area contributed by atoms with Gasteiger partial charge in [0.25, 0.3) is 0 Å². The van der Waals surface area contributed by atoms with Crippen LogP contribution in [0.25, 0.3) is 0 Å². The third kappa shape index (κ3) is 1.60. The molecule has 0 aromatic rings. The molecule has 5 atom stereocenters. The van der Waals surface area contributed by atoms with Gasteiger partial charge in [-0.05, 0) is 6.92 Å². The van der Waals surface area contributed by atoms with E-state index in [0.717, 1.165) is 0 Å². The highest BCUT2D eigenvalue weighted by Crippen LogP contribution is 2.21. The number of hydrogen-bond acceptors (Lipinski definition) is 5. The van der Waals surface area contributed by atoms with Crippen LogP contribution in [0.3, 0.4) is 0 Å². The molecule has 1 fully saturated rings. The Morgan fingerprint density at radius 1 is 1.17 bits per heavy atom. The van der Waals surface area contributed by atoms with Gasteiger partial charge in [0.15, 0.2) is 6.29 Å². The summed E-state index contributed by atoms with van der Waals surface area (Å²) in [7, 11) is 1.41. The molecule has 0 bridgehead atoms. The molecule has 72 valence electrons. The van der Waals surface area contributed by atoms with Gasteiger partial charge in [-0.1, -0.05) is 0 Å². The van der Waals surface area contributed by atoms with E-state index >= 15 is 0 Å². The van der Waals surface area contributed by atoms with E-state index < -0.39 is 30.7 Å². The Hall–Kier alpha value is -0.200. The van der Waals surface area contributed by atoms with E-state index in [4.69, 9.17) is 19.7 Å². The highest BCUT2D eigenvalue weighted by atomic mass is 16.6. The molecule has 0 saturated carbocycles. The summed E-state index contributed by atoms with van der Waals surface area (Å²) in [4.78, 5) is 0. The fourth-order valence-corrected chi connectivity index (χ4v) is 1.35. The minimum absolute atomic E-state index is 0.427. The normalized spacial score (nSPS) is 49.2. The molecule has 5 nitrogen and oxygen atoms in total. The molecule has 0 amide bonds. The van der Waals surface area contributed by atoms with Gasteiger partial charge in [0.2, 0.25) is 0 Å². The minimum Gasteiger partial charge on any atom is -0.387 e. The molecule has 1 rings (SSSR count). The largest absolute Gasteiger partial charge is 0.387 e. The lowest BCUT2D eigenvalue weighted by Crippen LogP contribution is -2.57. The number of hydrogen-bond donors (Lipinski definition) is 3. The minimum atomic E-state index is -1.33. The second-order valence-corrected chi connectivity index (χ2v) is 2.91. The summed E-state index contributed by atoms with van der Waals surface area (Å²) in [6.45, 7) is 1.66. The molecule has 0 unspecified atom stereocenters. The second-order valence-electron chi connectivity index (χ2n) is 2.91. The van der Waals surface area contributed by atoms with Crippen molar-refractivity contribution in [3.8, 4) is 0 Å². The Morgan fingerprint density at radius 2 is 1.75 bits per heavy atom. The molecular formula is C7H14O5. The molecule has 5 heteroatoms. The van der Waals surface area contributed by atoms with E-state index in [1.54, 1.807) is 6.92 Å². The van der Waals surface area contributed by atoms with Crippen LogP contribution in [0.2, 0.25) is 0 Å². The van der Waals surface area contributed by atoms with Gasteiger partial charge >= 0.3 is 0 Å². The van der Waals surface area contributed by atoms with Gasteiger partial charge in [0.1, 0.15) is 18.3 Å². The first-order valence-electron chi connectivity index (χ1n) is 3.80. The second kappa shape index (κ2) is 3.68. The van der Waals surface area contributed by atoms with Crippen LogP contribution < -0.4 is 0 Å². The maximum absolute atomic E-state index is 9.36. The Balaban J connectivity index is 2.65. The van der Waals surface area contributed by atoms with Crippen LogP contribution in [-0.2, 0) is 9.47 Å². The topological polar surface area (TPSA) is 79.2 Å². The fraction of sp³-hybridized carbons (Fsp3) is 1.00. The molecule has 3 N–H and O–H groups in total. The van der Waals surface area contributed by atoms with E-state index in [9.17, 15) is 5.11 Å². The van der Waals surface area contributed by atoms with Crippen molar-refractivity contribution in [1.82, 2.24) is 0 Å². The molecule has 0 aromatic heterocycles. The van der Waals surface area contributed by atoms with Crippen LogP contribution in [0.5, 0.6) is 0 Å². The van der Waals surface area contributed by atoms with Crippen LogP contribution in [0.15, 0.2) is 0 Å². The number of aliphatic hydroxyl groups excluding tert-OH is 3. The average molecular weight is 178 g/mol. The highest BCUT2D eigenvalue weighted by molar-refractivity contribution is 4.87. The number of rotatable bonds is 1. The molecule has 0 aromatic carbocycles. The first kappa shape index (κ1) is 9.88. The molecule has 12 heavy (non-hydrogen) atoms. The number of methoxy groups -OCH3 is 1. The molecule has 1 aliphatic rings. The molecule has 1 aliphatic heterocycles. The highest BCUT2D eigenvalue weighted by Gasteiger charge is 2.41. The lowest BCUT2D eigenvalue weighted by atomic mass is 10.00. The van der Waals surface area contributed by atoms with Gasteiger partial charge < -0.3 is 24.8 Å². The van der Waals surface area contributed by atoms with E-state index in [0.29, 0.717) is 0 Å². The number of aliphatic hydroxyl groups is 3. The summed E-state index contributed by atoms with van der Waals surface area (Å²) in [5.41, 5.74) is 0. The van der Waals surface area contributed by atoms with Gasteiger partial charge in [0.05, 0.1) is 6.10 Å². The van der Waals surface area contributed by atoms with Crippen LogP contribution in [-0.4, -0.2) is 53.1 Å². The third-order valence-corrected chi connectivity index (χ3v) is 2.07. The monoisotopic (exact) mass is 178 g/mol. The van der Waals surface area contributed by atoms with Crippen molar-refractivity contribution in [2.24, 2.45) is 0 Å². The number of ether oxygens (including phenoxy) is 2. The first-order chi connectivity index (χ1) is 5.57. The molecule has 0 spiro atoms. The predicted molar refractivity (Wildman–Crippen MR) is 39.4 cm³/mol. The molecule has 0 aliphatic carbocycles. The maximum Gasteiger partial charge on any atom is 0.183 e. The molecular weight excluding hydrogens is 164 g/mol. The van der Waals surface area contributed by atoms with E-state index in [2.05, 4.69) is 0 Å². The van der Waals surface area contributed by atoms with Crippen molar-refractivity contribution in [1.29, 1.82) is 0 Å². The average Bonchev–Trinajstić information content (AvgIpc) is 2.01. The van der Waals surface area contributed by atoms with Gasteiger partial charge in [0, 0.05) is 7.11 Å². The van der Waals surface area contributed by atoms with E-state index in [1.165, 1.54) is 7.11 Å². The van der Waals surface area contributed by atoms with Gasteiger partial charge in [-0.15, -0.1) is 0 Å². The third-order valence-electron chi connectivity index (χ3n) is 2.07. The van der Waals surface area contributed by atoms with Crippen molar-refractivity contribution < 1.29 is 24.8 Å². The summed E-state index contributed by atoms with van der Waals surface area (Å²) in [5, 5.41) is 27.6. The predicted octanol–water partition coefficient (Wildman–Crippen LogP) is -1.54. The zero-order chi connectivity index (χ0) is 9.30. The summed E-state index contributed by atoms with van der Waals surface area (Å²) in [6, 6.07) is 0. The maximum atomic E-state index is 9.36. The standard InChI is InChI=1S/C7H14O5/c1-3-6(11-2)4(8)5(9)7(10)12-3/h3-10H,1-2H3/t3-,4-,5-,6+,7-/m0/s1. The molecule has 0 radical (unpaired) electrons. The summed E-state index contributed by atoms with van der Waals surface area (Å²) >= 11 is 0. The smallest absolute Gasteiger partial charge is 0.183 e. The van der Waals surface area contributed by atoms with Crippen LogP contribution in [0, 0.1) is 0 Å². The van der Waals surface area contributed by atoms with Crippen LogP contribution in [0.4, 0.5) is 0 Å². The van der Waals surface area contributed by atoms with Gasteiger partial charge in [-0.3, -0.25) is 0 Å². The van der Waals surface area contributed by atoms with E-state index in [1.807, 2.05) is 0 Å². The Labute approximate surface area is 70.5 Å². The first-order valence-corrected chi connectivity index (χ1v) is 3.80. The Kier molecular flexibility index (Phi) is 3.03. The van der Waals surface area contributed by atoms with Crippen LogP contribution >= 0.6 is 0 Å². The lowest BCUT2D eigenvalue weighted by Gasteiger charge is -2.38. The van der Waals surface area contributed by atoms with Gasteiger partial charge in [-0.2, -0.15) is 0 Å². The van der Waals surface area contributed by atoms with Crippen molar-refractivity contribution in [3.05, 3.63) is 0 Å². The molecule has 1 saturated heterocycles. The summed E-state index contributed by atoms with van der Waals surface area (Å²) in [5.74, 6) is 0. The zero-order valence-corrected chi connectivity index (χ0v) is 7.04. The van der Waals surface area contributed by atoms with Crippen molar-refractivity contribution in [3.63, 3.8) is 0 Å². The zero-order valence-electron chi connectivity index (χ0n) is 7.04. The summed E-state index contributed by atoms with van der Waals surface area (Å²) in [6.07, 6.45) is -4.76. The SMILES string of the molecule is CO[C@H]1[C@@H](O)[C@H](O)[C@@H](O)O[C@H]1C.